The maximum atomic E-state index is 12.5. The van der Waals surface area contributed by atoms with Crippen molar-refractivity contribution in [2.75, 3.05) is 18.0 Å². The molecule has 1 aliphatic heterocycles. The van der Waals surface area contributed by atoms with E-state index in [2.05, 4.69) is 29.3 Å². The van der Waals surface area contributed by atoms with Gasteiger partial charge in [-0.3, -0.25) is 14.9 Å². The van der Waals surface area contributed by atoms with Crippen LogP contribution in [0.4, 0.5) is 11.4 Å². The summed E-state index contributed by atoms with van der Waals surface area (Å²) >= 11 is 0. The Morgan fingerprint density at radius 1 is 1.25 bits per heavy atom. The molecule has 1 heterocycles. The minimum atomic E-state index is -0.463. The molecule has 2 aromatic rings. The largest absolute Gasteiger partial charge is 0.371 e. The number of benzene rings is 2. The summed E-state index contributed by atoms with van der Waals surface area (Å²) in [6.45, 7) is 8.03. The standard InChI is InChI=1S/C22H27N3O3/c1-15-5-4-12-24(14-15)20-10-8-18(9-11-20)17(3)23-22(26)19-7-6-16(2)21(13-19)25(27)28/h6-11,13,15,17H,4-5,12,14H2,1-3H3,(H,23,26)/t15-,17-/m1/s1. The van der Waals surface area contributed by atoms with Crippen molar-refractivity contribution in [1.82, 2.24) is 5.32 Å². The first-order valence-corrected chi connectivity index (χ1v) is 9.76. The Morgan fingerprint density at radius 3 is 2.61 bits per heavy atom. The van der Waals surface area contributed by atoms with Crippen LogP contribution in [0.3, 0.4) is 0 Å². The fourth-order valence-electron chi connectivity index (χ4n) is 3.71. The number of nitrogens with zero attached hydrogens (tertiary/aromatic N) is 2. The van der Waals surface area contributed by atoms with Crippen molar-refractivity contribution in [2.24, 2.45) is 5.92 Å². The number of aryl methyl sites for hydroxylation is 1. The molecule has 3 rings (SSSR count). The van der Waals surface area contributed by atoms with E-state index in [1.54, 1.807) is 19.1 Å². The lowest BCUT2D eigenvalue weighted by molar-refractivity contribution is -0.385. The molecule has 1 saturated heterocycles. The summed E-state index contributed by atoms with van der Waals surface area (Å²) in [7, 11) is 0. The number of carbonyl (C=O) groups is 1. The Labute approximate surface area is 165 Å². The van der Waals surface area contributed by atoms with Gasteiger partial charge in [-0.15, -0.1) is 0 Å². The number of hydrogen-bond acceptors (Lipinski definition) is 4. The summed E-state index contributed by atoms with van der Waals surface area (Å²) in [6.07, 6.45) is 2.51. The van der Waals surface area contributed by atoms with Crippen molar-refractivity contribution in [3.05, 3.63) is 69.3 Å². The molecule has 6 nitrogen and oxygen atoms in total. The molecule has 28 heavy (non-hydrogen) atoms. The van der Waals surface area contributed by atoms with Crippen molar-refractivity contribution in [2.45, 2.75) is 39.7 Å². The van der Waals surface area contributed by atoms with E-state index in [4.69, 9.17) is 0 Å². The van der Waals surface area contributed by atoms with Crippen LogP contribution in [0.5, 0.6) is 0 Å². The highest BCUT2D eigenvalue weighted by Gasteiger charge is 2.19. The maximum absolute atomic E-state index is 12.5. The van der Waals surface area contributed by atoms with Gasteiger partial charge in [-0.2, -0.15) is 0 Å². The predicted octanol–water partition coefficient (Wildman–Crippen LogP) is 4.63. The minimum absolute atomic E-state index is 0.0413. The van der Waals surface area contributed by atoms with E-state index in [9.17, 15) is 14.9 Å². The summed E-state index contributed by atoms with van der Waals surface area (Å²) in [5.74, 6) is 0.398. The molecule has 0 aliphatic carbocycles. The SMILES string of the molecule is Cc1ccc(C(=O)N[C@H](C)c2ccc(N3CCC[C@@H](C)C3)cc2)cc1[N+](=O)[O-]. The molecule has 0 radical (unpaired) electrons. The van der Waals surface area contributed by atoms with Crippen molar-refractivity contribution < 1.29 is 9.72 Å². The van der Waals surface area contributed by atoms with Gasteiger partial charge in [0.2, 0.25) is 0 Å². The number of anilines is 1. The van der Waals surface area contributed by atoms with Crippen LogP contribution in [-0.2, 0) is 0 Å². The lowest BCUT2D eigenvalue weighted by atomic mass is 9.99. The van der Waals surface area contributed by atoms with Crippen LogP contribution < -0.4 is 10.2 Å². The molecule has 0 aromatic heterocycles. The number of nitro groups is 1. The van der Waals surface area contributed by atoms with Crippen molar-refractivity contribution in [3.63, 3.8) is 0 Å². The second-order valence-electron chi connectivity index (χ2n) is 7.74. The van der Waals surface area contributed by atoms with Gasteiger partial charge >= 0.3 is 0 Å². The lowest BCUT2D eigenvalue weighted by Crippen LogP contribution is -2.34. The molecule has 0 spiro atoms. The van der Waals surface area contributed by atoms with Crippen LogP contribution in [-0.4, -0.2) is 23.9 Å². The molecule has 0 saturated carbocycles. The Bertz CT molecular complexity index is 864. The molecule has 0 unspecified atom stereocenters. The molecular formula is C22H27N3O3. The van der Waals surface area contributed by atoms with Crippen molar-refractivity contribution in [1.29, 1.82) is 0 Å². The number of amides is 1. The van der Waals surface area contributed by atoms with E-state index in [1.807, 2.05) is 19.1 Å². The zero-order valence-electron chi connectivity index (χ0n) is 16.6. The number of carbonyl (C=O) groups excluding carboxylic acids is 1. The number of rotatable bonds is 5. The van der Waals surface area contributed by atoms with Gasteiger partial charge in [-0.1, -0.05) is 25.1 Å². The van der Waals surface area contributed by atoms with Gasteiger partial charge in [0.25, 0.3) is 11.6 Å². The highest BCUT2D eigenvalue weighted by molar-refractivity contribution is 5.95. The predicted molar refractivity (Wildman–Crippen MR) is 111 cm³/mol. The molecule has 2 atom stereocenters. The molecule has 148 valence electrons. The summed E-state index contributed by atoms with van der Waals surface area (Å²) < 4.78 is 0. The van der Waals surface area contributed by atoms with Gasteiger partial charge in [0, 0.05) is 36.0 Å². The fourth-order valence-corrected chi connectivity index (χ4v) is 3.71. The van der Waals surface area contributed by atoms with Gasteiger partial charge in [0.15, 0.2) is 0 Å². The topological polar surface area (TPSA) is 75.5 Å². The Kier molecular flexibility index (Phi) is 5.97. The summed E-state index contributed by atoms with van der Waals surface area (Å²) in [5, 5.41) is 14.0. The van der Waals surface area contributed by atoms with Crippen molar-refractivity contribution in [3.8, 4) is 0 Å². The Balaban J connectivity index is 1.67. The van der Waals surface area contributed by atoms with Crippen LogP contribution in [0.15, 0.2) is 42.5 Å². The monoisotopic (exact) mass is 381 g/mol. The van der Waals surface area contributed by atoms with Crippen LogP contribution in [0.25, 0.3) is 0 Å². The Hall–Kier alpha value is -2.89. The zero-order valence-corrected chi connectivity index (χ0v) is 16.6. The van der Waals surface area contributed by atoms with Gasteiger partial charge in [0.1, 0.15) is 0 Å². The number of hydrogen-bond donors (Lipinski definition) is 1. The van der Waals surface area contributed by atoms with E-state index in [0.29, 0.717) is 17.0 Å². The first-order valence-electron chi connectivity index (χ1n) is 9.76. The first kappa shape index (κ1) is 19.9. The molecular weight excluding hydrogens is 354 g/mol. The van der Waals surface area contributed by atoms with E-state index in [1.165, 1.54) is 24.6 Å². The molecule has 1 aliphatic rings. The highest BCUT2D eigenvalue weighted by atomic mass is 16.6. The highest BCUT2D eigenvalue weighted by Crippen LogP contribution is 2.25. The summed E-state index contributed by atoms with van der Waals surface area (Å²) in [4.78, 5) is 25.6. The number of nitrogens with one attached hydrogen (secondary N) is 1. The minimum Gasteiger partial charge on any atom is -0.371 e. The second-order valence-corrected chi connectivity index (χ2v) is 7.74. The smallest absolute Gasteiger partial charge is 0.273 e. The number of piperidine rings is 1. The van der Waals surface area contributed by atoms with Crippen LogP contribution in [0.2, 0.25) is 0 Å². The third kappa shape index (κ3) is 4.50. The van der Waals surface area contributed by atoms with E-state index in [-0.39, 0.29) is 17.6 Å². The zero-order chi connectivity index (χ0) is 20.3. The molecule has 6 heteroatoms. The number of nitro benzene ring substituents is 1. The van der Waals surface area contributed by atoms with Crippen molar-refractivity contribution >= 4 is 17.3 Å². The van der Waals surface area contributed by atoms with E-state index in [0.717, 1.165) is 18.7 Å². The van der Waals surface area contributed by atoms with Gasteiger partial charge in [-0.05, 0) is 56.4 Å². The average Bonchev–Trinajstić information content (AvgIpc) is 2.68. The quantitative estimate of drug-likeness (QED) is 0.605. The van der Waals surface area contributed by atoms with Crippen LogP contribution in [0.1, 0.15) is 54.2 Å². The van der Waals surface area contributed by atoms with E-state index < -0.39 is 4.92 Å². The van der Waals surface area contributed by atoms with Gasteiger partial charge < -0.3 is 10.2 Å². The third-order valence-electron chi connectivity index (χ3n) is 5.43. The summed E-state index contributed by atoms with van der Waals surface area (Å²) in [6, 6.07) is 12.6. The Morgan fingerprint density at radius 2 is 1.96 bits per heavy atom. The lowest BCUT2D eigenvalue weighted by Gasteiger charge is -2.33. The normalized spacial score (nSPS) is 17.8. The molecule has 1 fully saturated rings. The first-order chi connectivity index (χ1) is 13.3. The van der Waals surface area contributed by atoms with E-state index >= 15 is 0 Å². The van der Waals surface area contributed by atoms with Gasteiger partial charge in [-0.25, -0.2) is 0 Å². The second kappa shape index (κ2) is 8.42. The molecule has 2 aromatic carbocycles. The maximum Gasteiger partial charge on any atom is 0.273 e. The molecule has 0 bridgehead atoms. The van der Waals surface area contributed by atoms with Crippen LogP contribution >= 0.6 is 0 Å². The van der Waals surface area contributed by atoms with Gasteiger partial charge in [0.05, 0.1) is 11.0 Å². The average molecular weight is 381 g/mol. The fraction of sp³-hybridized carbons (Fsp3) is 0.409. The third-order valence-corrected chi connectivity index (χ3v) is 5.43. The van der Waals surface area contributed by atoms with Crippen LogP contribution in [0, 0.1) is 23.0 Å². The molecule has 1 amide bonds. The summed E-state index contributed by atoms with van der Waals surface area (Å²) in [5.41, 5.74) is 3.01. The molecule has 1 N–H and O–H groups in total.